The second-order valence-corrected chi connectivity index (χ2v) is 4.06. The number of hydrogen-bond acceptors (Lipinski definition) is 3. The number of piperazine rings is 1. The van der Waals surface area contributed by atoms with Crippen LogP contribution in [0.5, 0.6) is 0 Å². The summed E-state index contributed by atoms with van der Waals surface area (Å²) in [5, 5.41) is 3.18. The van der Waals surface area contributed by atoms with Gasteiger partial charge in [0.15, 0.2) is 0 Å². The minimum Gasteiger partial charge on any atom is -0.338 e. The Morgan fingerprint density at radius 1 is 1.47 bits per heavy atom. The molecule has 1 fully saturated rings. The molecule has 1 rings (SSSR count). The van der Waals surface area contributed by atoms with Gasteiger partial charge in [-0.15, -0.1) is 6.42 Å². The summed E-state index contributed by atoms with van der Waals surface area (Å²) in [6.07, 6.45) is 5.64. The highest BCUT2D eigenvalue weighted by atomic mass is 16.2. The van der Waals surface area contributed by atoms with Crippen molar-refractivity contribution in [2.45, 2.75) is 19.4 Å². The largest absolute Gasteiger partial charge is 0.338 e. The van der Waals surface area contributed by atoms with Crippen molar-refractivity contribution in [1.82, 2.24) is 15.1 Å². The molecule has 0 radical (unpaired) electrons. The lowest BCUT2D eigenvalue weighted by Crippen LogP contribution is -2.54. The third-order valence-corrected chi connectivity index (χ3v) is 3.01. The number of carbonyl (C=O) groups is 2. The monoisotopic (exact) mass is 237 g/mol. The lowest BCUT2D eigenvalue weighted by atomic mass is 10.1. The minimum atomic E-state index is -0.448. The molecule has 2 amide bonds. The normalized spacial score (nSPS) is 17.1. The van der Waals surface area contributed by atoms with Crippen LogP contribution in [-0.4, -0.2) is 60.9 Å². The summed E-state index contributed by atoms with van der Waals surface area (Å²) in [6.45, 7) is 4.86. The van der Waals surface area contributed by atoms with Crippen molar-refractivity contribution in [3.8, 4) is 12.3 Å². The molecule has 0 bridgehead atoms. The smallest absolute Gasteiger partial charge is 0.298 e. The average molecular weight is 237 g/mol. The second-order valence-electron chi connectivity index (χ2n) is 4.06. The Morgan fingerprint density at radius 3 is 2.53 bits per heavy atom. The molecule has 5 nitrogen and oxygen atoms in total. The van der Waals surface area contributed by atoms with Gasteiger partial charge in [-0.1, -0.05) is 6.92 Å². The number of rotatable bonds is 3. The molecule has 1 N–H and O–H groups in total. The van der Waals surface area contributed by atoms with Crippen molar-refractivity contribution >= 4 is 11.8 Å². The van der Waals surface area contributed by atoms with Crippen molar-refractivity contribution < 1.29 is 9.59 Å². The van der Waals surface area contributed by atoms with E-state index in [9.17, 15) is 9.59 Å². The zero-order valence-electron chi connectivity index (χ0n) is 10.4. The molecule has 17 heavy (non-hydrogen) atoms. The summed E-state index contributed by atoms with van der Waals surface area (Å²) in [4.78, 5) is 26.8. The summed E-state index contributed by atoms with van der Waals surface area (Å²) in [5.74, 6) is 1.58. The lowest BCUT2D eigenvalue weighted by molar-refractivity contribution is -0.142. The maximum Gasteiger partial charge on any atom is 0.298 e. The third-order valence-electron chi connectivity index (χ3n) is 3.01. The van der Waals surface area contributed by atoms with E-state index < -0.39 is 11.9 Å². The molecule has 1 heterocycles. The third kappa shape index (κ3) is 3.21. The summed E-state index contributed by atoms with van der Waals surface area (Å²) in [6, 6.07) is -0.448. The van der Waals surface area contributed by atoms with Gasteiger partial charge >= 0.3 is 0 Å². The van der Waals surface area contributed by atoms with Gasteiger partial charge in [-0.2, -0.15) is 0 Å². The first-order chi connectivity index (χ1) is 8.11. The molecule has 1 unspecified atom stereocenters. The van der Waals surface area contributed by atoms with E-state index >= 15 is 0 Å². The molecule has 0 aromatic carbocycles. The Bertz CT molecular complexity index is 329. The van der Waals surface area contributed by atoms with E-state index in [1.165, 1.54) is 4.90 Å². The van der Waals surface area contributed by atoms with Gasteiger partial charge in [-0.3, -0.25) is 9.59 Å². The van der Waals surface area contributed by atoms with Crippen molar-refractivity contribution in [2.75, 3.05) is 33.2 Å². The molecular weight excluding hydrogens is 218 g/mol. The predicted molar refractivity (Wildman–Crippen MR) is 65.1 cm³/mol. The van der Waals surface area contributed by atoms with Crippen LogP contribution < -0.4 is 5.32 Å². The number of amides is 2. The van der Waals surface area contributed by atoms with Gasteiger partial charge in [-0.25, -0.2) is 0 Å². The van der Waals surface area contributed by atoms with Crippen LogP contribution in [0.3, 0.4) is 0 Å². The molecule has 1 saturated heterocycles. The maximum atomic E-state index is 12.2. The molecule has 0 aromatic heterocycles. The fourth-order valence-corrected chi connectivity index (χ4v) is 1.95. The van der Waals surface area contributed by atoms with E-state index in [1.54, 1.807) is 11.9 Å². The van der Waals surface area contributed by atoms with E-state index in [-0.39, 0.29) is 5.91 Å². The quantitative estimate of drug-likeness (QED) is 0.660. The van der Waals surface area contributed by atoms with Crippen molar-refractivity contribution in [3.63, 3.8) is 0 Å². The number of carbonyl (C=O) groups excluding carboxylic acids is 2. The Kier molecular flexibility index (Phi) is 4.98. The van der Waals surface area contributed by atoms with E-state index in [0.717, 1.165) is 13.1 Å². The summed E-state index contributed by atoms with van der Waals surface area (Å²) >= 11 is 0. The van der Waals surface area contributed by atoms with Crippen LogP contribution in [-0.2, 0) is 9.59 Å². The van der Waals surface area contributed by atoms with Gasteiger partial charge in [0, 0.05) is 33.2 Å². The number of nitrogens with one attached hydrogen (secondary N) is 1. The Morgan fingerprint density at radius 2 is 2.06 bits per heavy atom. The van der Waals surface area contributed by atoms with Gasteiger partial charge in [-0.05, 0) is 12.3 Å². The molecule has 0 aliphatic carbocycles. The summed E-state index contributed by atoms with van der Waals surface area (Å²) < 4.78 is 0. The molecule has 0 saturated carbocycles. The Labute approximate surface area is 102 Å². The molecule has 1 aliphatic heterocycles. The van der Waals surface area contributed by atoms with Crippen LogP contribution in [0.2, 0.25) is 0 Å². The summed E-state index contributed by atoms with van der Waals surface area (Å²) in [5.41, 5.74) is 0. The molecule has 94 valence electrons. The van der Waals surface area contributed by atoms with Crippen LogP contribution in [0.4, 0.5) is 0 Å². The van der Waals surface area contributed by atoms with Crippen LogP contribution >= 0.6 is 0 Å². The van der Waals surface area contributed by atoms with E-state index in [1.807, 2.05) is 12.8 Å². The summed E-state index contributed by atoms with van der Waals surface area (Å²) in [7, 11) is 1.58. The van der Waals surface area contributed by atoms with Gasteiger partial charge in [0.2, 0.25) is 5.91 Å². The fourth-order valence-electron chi connectivity index (χ4n) is 1.95. The molecule has 1 atom stereocenters. The first-order valence-corrected chi connectivity index (χ1v) is 5.84. The van der Waals surface area contributed by atoms with E-state index in [4.69, 9.17) is 6.42 Å². The van der Waals surface area contributed by atoms with Gasteiger partial charge in [0.25, 0.3) is 5.91 Å². The minimum absolute atomic E-state index is 0.0138. The van der Waals surface area contributed by atoms with Crippen LogP contribution in [0.1, 0.15) is 13.3 Å². The van der Waals surface area contributed by atoms with Crippen molar-refractivity contribution in [1.29, 1.82) is 0 Å². The number of hydrogen-bond donors (Lipinski definition) is 1. The van der Waals surface area contributed by atoms with Crippen LogP contribution in [0.25, 0.3) is 0 Å². The van der Waals surface area contributed by atoms with Crippen LogP contribution in [0.15, 0.2) is 0 Å². The molecule has 1 aliphatic rings. The number of likely N-dealkylation sites (N-methyl/N-ethyl adjacent to an activating group) is 1. The van der Waals surface area contributed by atoms with Crippen molar-refractivity contribution in [2.24, 2.45) is 0 Å². The standard InChI is InChI=1S/C12H19N3O2/c1-4-10(14(3)11(16)5-2)12(17)15-8-6-13-7-9-15/h2,10,13H,4,6-9H2,1,3H3. The first kappa shape index (κ1) is 13.5. The zero-order valence-corrected chi connectivity index (χ0v) is 10.4. The molecule has 5 heteroatoms. The van der Waals surface area contributed by atoms with Gasteiger partial charge in [0.1, 0.15) is 6.04 Å². The first-order valence-electron chi connectivity index (χ1n) is 5.84. The fraction of sp³-hybridized carbons (Fsp3) is 0.667. The van der Waals surface area contributed by atoms with Gasteiger partial charge in [0.05, 0.1) is 0 Å². The maximum absolute atomic E-state index is 12.2. The Balaban J connectivity index is 2.69. The highest BCUT2D eigenvalue weighted by Gasteiger charge is 2.29. The SMILES string of the molecule is C#CC(=O)N(C)C(CC)C(=O)N1CCNCC1. The lowest BCUT2D eigenvalue weighted by Gasteiger charge is -2.33. The Hall–Kier alpha value is -1.54. The zero-order chi connectivity index (χ0) is 12.8. The van der Waals surface area contributed by atoms with Crippen molar-refractivity contribution in [3.05, 3.63) is 0 Å². The van der Waals surface area contributed by atoms with E-state index in [2.05, 4.69) is 5.32 Å². The molecular formula is C12H19N3O2. The highest BCUT2D eigenvalue weighted by Crippen LogP contribution is 2.08. The average Bonchev–Trinajstić information content (AvgIpc) is 2.39. The van der Waals surface area contributed by atoms with Crippen LogP contribution in [0, 0.1) is 12.3 Å². The highest BCUT2D eigenvalue weighted by molar-refractivity contribution is 5.96. The molecule has 0 aromatic rings. The topological polar surface area (TPSA) is 52.7 Å². The second kappa shape index (κ2) is 6.26. The molecule has 0 spiro atoms. The number of nitrogens with zero attached hydrogens (tertiary/aromatic N) is 2. The number of terminal acetylenes is 1. The predicted octanol–water partition coefficient (Wildman–Crippen LogP) is -0.712. The van der Waals surface area contributed by atoms with Gasteiger partial charge < -0.3 is 15.1 Å². The van der Waals surface area contributed by atoms with E-state index in [0.29, 0.717) is 19.5 Å².